The van der Waals surface area contributed by atoms with Crippen molar-refractivity contribution in [3.63, 3.8) is 0 Å². The Morgan fingerprint density at radius 2 is 2.27 bits per heavy atom. The van der Waals surface area contributed by atoms with Gasteiger partial charge in [0.2, 0.25) is 15.9 Å². The summed E-state index contributed by atoms with van der Waals surface area (Å²) >= 11 is 2.80. The zero-order valence-corrected chi connectivity index (χ0v) is 17.1. The zero-order chi connectivity index (χ0) is 18.6. The molecule has 0 aromatic carbocycles. The third-order valence-corrected chi connectivity index (χ3v) is 8.42. The predicted octanol–water partition coefficient (Wildman–Crippen LogP) is 2.66. The van der Waals surface area contributed by atoms with Crippen LogP contribution in [0.4, 0.5) is 0 Å². The van der Waals surface area contributed by atoms with Gasteiger partial charge in [-0.1, -0.05) is 6.07 Å². The second-order valence-corrected chi connectivity index (χ2v) is 10.4. The number of thiophene rings is 1. The highest BCUT2D eigenvalue weighted by Gasteiger charge is 2.25. The molecule has 26 heavy (non-hydrogen) atoms. The standard InChI is InChI=1S/C17H23N3O3S3/c1-13-15(25-12-18-13)6-7-16(21)20-8-2-4-14(11-20)10-19-26(22,23)17-5-3-9-24-17/h3,5,9,12,14,19H,2,4,6-8,10-11H2,1H3. The van der Waals surface area contributed by atoms with Gasteiger partial charge in [-0.3, -0.25) is 4.79 Å². The number of carbonyl (C=O) groups is 1. The van der Waals surface area contributed by atoms with E-state index in [1.807, 2.05) is 17.3 Å². The van der Waals surface area contributed by atoms with Gasteiger partial charge in [0.05, 0.1) is 11.2 Å². The smallest absolute Gasteiger partial charge is 0.250 e. The van der Waals surface area contributed by atoms with Gasteiger partial charge in [0.1, 0.15) is 4.21 Å². The van der Waals surface area contributed by atoms with Crippen LogP contribution in [0.25, 0.3) is 0 Å². The van der Waals surface area contributed by atoms with Gasteiger partial charge in [0, 0.05) is 30.9 Å². The van der Waals surface area contributed by atoms with E-state index < -0.39 is 10.0 Å². The molecule has 0 aliphatic carbocycles. The maximum atomic E-state index is 12.5. The molecule has 3 heterocycles. The van der Waals surface area contributed by atoms with Gasteiger partial charge < -0.3 is 4.90 Å². The lowest BCUT2D eigenvalue weighted by Crippen LogP contribution is -2.43. The van der Waals surface area contributed by atoms with E-state index in [-0.39, 0.29) is 11.8 Å². The van der Waals surface area contributed by atoms with Crippen molar-refractivity contribution in [2.24, 2.45) is 5.92 Å². The summed E-state index contributed by atoms with van der Waals surface area (Å²) in [7, 11) is -3.44. The second kappa shape index (κ2) is 8.60. The lowest BCUT2D eigenvalue weighted by atomic mass is 9.98. The number of rotatable bonds is 7. The number of aryl methyl sites for hydroxylation is 2. The molecular weight excluding hydrogens is 390 g/mol. The Morgan fingerprint density at radius 3 is 2.96 bits per heavy atom. The molecule has 0 spiro atoms. The summed E-state index contributed by atoms with van der Waals surface area (Å²) < 4.78 is 27.5. The summed E-state index contributed by atoms with van der Waals surface area (Å²) in [6.07, 6.45) is 3.06. The number of hydrogen-bond donors (Lipinski definition) is 1. The zero-order valence-electron chi connectivity index (χ0n) is 14.7. The molecule has 1 saturated heterocycles. The summed E-state index contributed by atoms with van der Waals surface area (Å²) in [6.45, 7) is 3.72. The Kier molecular flexibility index (Phi) is 6.44. The molecule has 1 fully saturated rings. The largest absolute Gasteiger partial charge is 0.342 e. The lowest BCUT2D eigenvalue weighted by Gasteiger charge is -2.33. The minimum Gasteiger partial charge on any atom is -0.342 e. The Balaban J connectivity index is 1.49. The molecule has 3 rings (SSSR count). The van der Waals surface area contributed by atoms with Crippen LogP contribution in [-0.2, 0) is 21.2 Å². The summed E-state index contributed by atoms with van der Waals surface area (Å²) in [5.41, 5.74) is 2.81. The van der Waals surface area contributed by atoms with Crippen LogP contribution in [-0.4, -0.2) is 43.8 Å². The first-order valence-corrected chi connectivity index (χ1v) is 11.9. The molecule has 0 saturated carbocycles. The fourth-order valence-electron chi connectivity index (χ4n) is 3.12. The molecule has 9 heteroatoms. The van der Waals surface area contributed by atoms with Crippen molar-refractivity contribution in [2.45, 2.75) is 36.8 Å². The van der Waals surface area contributed by atoms with Crippen LogP contribution in [0.3, 0.4) is 0 Å². The minimum absolute atomic E-state index is 0.142. The fraction of sp³-hybridized carbons (Fsp3) is 0.529. The monoisotopic (exact) mass is 413 g/mol. The number of likely N-dealkylation sites (tertiary alicyclic amines) is 1. The third kappa shape index (κ3) is 4.91. The Hall–Kier alpha value is -1.29. The maximum Gasteiger partial charge on any atom is 0.250 e. The SMILES string of the molecule is Cc1ncsc1CCC(=O)N1CCCC(CNS(=O)(=O)c2cccs2)C1. The van der Waals surface area contributed by atoms with Crippen LogP contribution in [0, 0.1) is 12.8 Å². The van der Waals surface area contributed by atoms with E-state index in [1.54, 1.807) is 28.8 Å². The van der Waals surface area contributed by atoms with Gasteiger partial charge in [-0.05, 0) is 43.6 Å². The molecule has 0 bridgehead atoms. The van der Waals surface area contributed by atoms with Crippen LogP contribution < -0.4 is 4.72 Å². The van der Waals surface area contributed by atoms with Crippen molar-refractivity contribution in [2.75, 3.05) is 19.6 Å². The quantitative estimate of drug-likeness (QED) is 0.757. The van der Waals surface area contributed by atoms with E-state index >= 15 is 0 Å². The highest BCUT2D eigenvalue weighted by molar-refractivity contribution is 7.91. The van der Waals surface area contributed by atoms with Gasteiger partial charge in [0.25, 0.3) is 0 Å². The highest BCUT2D eigenvalue weighted by Crippen LogP contribution is 2.20. The van der Waals surface area contributed by atoms with E-state index in [0.717, 1.165) is 36.4 Å². The van der Waals surface area contributed by atoms with Crippen molar-refractivity contribution in [3.05, 3.63) is 33.6 Å². The molecule has 2 aromatic rings. The van der Waals surface area contributed by atoms with Crippen LogP contribution in [0.15, 0.2) is 27.2 Å². The van der Waals surface area contributed by atoms with E-state index in [2.05, 4.69) is 9.71 Å². The average Bonchev–Trinajstić information content (AvgIpc) is 3.30. The molecule has 1 unspecified atom stereocenters. The van der Waals surface area contributed by atoms with Gasteiger partial charge in [-0.15, -0.1) is 22.7 Å². The first-order valence-electron chi connectivity index (χ1n) is 8.65. The van der Waals surface area contributed by atoms with Crippen molar-refractivity contribution >= 4 is 38.6 Å². The molecule has 2 aromatic heterocycles. The molecule has 1 atom stereocenters. The normalized spacial score (nSPS) is 18.2. The molecule has 1 N–H and O–H groups in total. The topological polar surface area (TPSA) is 79.4 Å². The Morgan fingerprint density at radius 1 is 1.42 bits per heavy atom. The lowest BCUT2D eigenvalue weighted by molar-refractivity contribution is -0.132. The first kappa shape index (κ1) is 19.5. The van der Waals surface area contributed by atoms with Crippen LogP contribution in [0.5, 0.6) is 0 Å². The van der Waals surface area contributed by atoms with Crippen molar-refractivity contribution in [1.29, 1.82) is 0 Å². The van der Waals surface area contributed by atoms with E-state index in [1.165, 1.54) is 11.3 Å². The molecule has 1 aliphatic heterocycles. The Labute approximate surface area is 162 Å². The highest BCUT2D eigenvalue weighted by atomic mass is 32.2. The van der Waals surface area contributed by atoms with Gasteiger partial charge in [0.15, 0.2) is 0 Å². The summed E-state index contributed by atoms with van der Waals surface area (Å²) in [5.74, 6) is 0.302. The van der Waals surface area contributed by atoms with Crippen molar-refractivity contribution in [3.8, 4) is 0 Å². The van der Waals surface area contributed by atoms with Gasteiger partial charge in [-0.2, -0.15) is 0 Å². The molecule has 1 amide bonds. The second-order valence-electron chi connectivity index (χ2n) is 6.49. The number of piperidine rings is 1. The number of aromatic nitrogens is 1. The van der Waals surface area contributed by atoms with E-state index in [0.29, 0.717) is 23.7 Å². The Bertz CT molecular complexity index is 831. The van der Waals surface area contributed by atoms with Gasteiger partial charge in [-0.25, -0.2) is 18.1 Å². The summed E-state index contributed by atoms with van der Waals surface area (Å²) in [5, 5.41) is 1.75. The van der Waals surface area contributed by atoms with Crippen LogP contribution in [0.2, 0.25) is 0 Å². The number of nitrogens with one attached hydrogen (secondary N) is 1. The third-order valence-electron chi connectivity index (χ3n) is 4.60. The predicted molar refractivity (Wildman–Crippen MR) is 104 cm³/mol. The average molecular weight is 414 g/mol. The number of nitrogens with zero attached hydrogens (tertiary/aromatic N) is 2. The summed E-state index contributed by atoms with van der Waals surface area (Å²) in [4.78, 5) is 19.8. The molecule has 1 aliphatic rings. The molecule has 6 nitrogen and oxygen atoms in total. The van der Waals surface area contributed by atoms with Crippen molar-refractivity contribution < 1.29 is 13.2 Å². The minimum atomic E-state index is -3.44. The number of sulfonamides is 1. The molecule has 0 radical (unpaired) electrons. The number of thiazole rings is 1. The van der Waals surface area contributed by atoms with Crippen LogP contribution in [0.1, 0.15) is 29.8 Å². The number of amides is 1. The van der Waals surface area contributed by atoms with Crippen molar-refractivity contribution in [1.82, 2.24) is 14.6 Å². The number of hydrogen-bond acceptors (Lipinski definition) is 6. The molecule has 142 valence electrons. The maximum absolute atomic E-state index is 12.5. The van der Waals surface area contributed by atoms with Crippen LogP contribution >= 0.6 is 22.7 Å². The molecular formula is C17H23N3O3S3. The van der Waals surface area contributed by atoms with E-state index in [4.69, 9.17) is 0 Å². The van der Waals surface area contributed by atoms with E-state index in [9.17, 15) is 13.2 Å². The van der Waals surface area contributed by atoms with Gasteiger partial charge >= 0.3 is 0 Å². The number of carbonyl (C=O) groups excluding carboxylic acids is 1. The summed E-state index contributed by atoms with van der Waals surface area (Å²) in [6, 6.07) is 3.33. The first-order chi connectivity index (χ1) is 12.5. The fourth-order valence-corrected chi connectivity index (χ4v) is 6.05.